The number of aromatic nitrogens is 2. The van der Waals surface area contributed by atoms with Crippen LogP contribution in [0, 0.1) is 6.92 Å². The summed E-state index contributed by atoms with van der Waals surface area (Å²) in [6.07, 6.45) is 3.62. The van der Waals surface area contributed by atoms with Crippen LogP contribution in [0.5, 0.6) is 0 Å². The molecule has 0 fully saturated rings. The minimum Gasteiger partial charge on any atom is -0.449 e. The Morgan fingerprint density at radius 2 is 2.23 bits per heavy atom. The third-order valence-corrected chi connectivity index (χ3v) is 3.93. The van der Waals surface area contributed by atoms with Gasteiger partial charge in [-0.15, -0.1) is 0 Å². The second-order valence-corrected chi connectivity index (χ2v) is 5.76. The van der Waals surface area contributed by atoms with Gasteiger partial charge in [-0.25, -0.2) is 0 Å². The largest absolute Gasteiger partial charge is 0.449 e. The highest BCUT2D eigenvalue weighted by molar-refractivity contribution is 6.35. The van der Waals surface area contributed by atoms with E-state index in [0.717, 1.165) is 16.5 Å². The lowest BCUT2D eigenvalue weighted by molar-refractivity contribution is 0.0755. The van der Waals surface area contributed by atoms with Crippen molar-refractivity contribution in [3.05, 3.63) is 52.5 Å². The summed E-state index contributed by atoms with van der Waals surface area (Å²) in [5.41, 5.74) is 2.32. The van der Waals surface area contributed by atoms with Crippen LogP contribution in [-0.2, 0) is 13.6 Å². The molecule has 1 aromatic carbocycles. The summed E-state index contributed by atoms with van der Waals surface area (Å²) >= 11 is 6.13. The number of hydrogen-bond acceptors (Lipinski definition) is 3. The highest BCUT2D eigenvalue weighted by Crippen LogP contribution is 2.31. The molecule has 0 aliphatic rings. The topological polar surface area (TPSA) is 51.3 Å². The van der Waals surface area contributed by atoms with E-state index in [0.29, 0.717) is 22.9 Å². The fourth-order valence-electron chi connectivity index (χ4n) is 2.49. The van der Waals surface area contributed by atoms with Crippen molar-refractivity contribution in [2.75, 3.05) is 7.05 Å². The minimum absolute atomic E-state index is 0.173. The van der Waals surface area contributed by atoms with Gasteiger partial charge >= 0.3 is 0 Å². The molecule has 1 amide bonds. The van der Waals surface area contributed by atoms with Crippen molar-refractivity contribution in [2.24, 2.45) is 7.05 Å². The van der Waals surface area contributed by atoms with E-state index in [4.69, 9.17) is 16.0 Å². The van der Waals surface area contributed by atoms with Gasteiger partial charge < -0.3 is 9.32 Å². The van der Waals surface area contributed by atoms with Crippen molar-refractivity contribution in [3.63, 3.8) is 0 Å². The van der Waals surface area contributed by atoms with Crippen molar-refractivity contribution in [3.8, 4) is 0 Å². The highest BCUT2D eigenvalue weighted by atomic mass is 35.5. The molecule has 22 heavy (non-hydrogen) atoms. The van der Waals surface area contributed by atoms with Gasteiger partial charge in [-0.2, -0.15) is 5.10 Å². The van der Waals surface area contributed by atoms with E-state index in [1.807, 2.05) is 32.3 Å². The SMILES string of the molecule is Cc1c(C(=O)N(C)Cc2cnn(C)c2)oc2c(Cl)cccc12. The number of hydrogen-bond donors (Lipinski definition) is 0. The number of rotatable bonds is 3. The first kappa shape index (κ1) is 14.7. The number of para-hydroxylation sites is 1. The molecule has 0 atom stereocenters. The van der Waals surface area contributed by atoms with Gasteiger partial charge in [0.1, 0.15) is 0 Å². The van der Waals surface area contributed by atoms with E-state index in [1.54, 1.807) is 28.9 Å². The molecular weight excluding hydrogens is 302 g/mol. The Balaban J connectivity index is 1.91. The number of furan rings is 1. The second kappa shape index (κ2) is 5.50. The molecular formula is C16H16ClN3O2. The maximum Gasteiger partial charge on any atom is 0.289 e. The monoisotopic (exact) mass is 317 g/mol. The Hall–Kier alpha value is -2.27. The zero-order chi connectivity index (χ0) is 15.9. The van der Waals surface area contributed by atoms with Crippen molar-refractivity contribution < 1.29 is 9.21 Å². The fraction of sp³-hybridized carbons (Fsp3) is 0.250. The lowest BCUT2D eigenvalue weighted by Crippen LogP contribution is -2.26. The average molecular weight is 318 g/mol. The molecule has 0 aliphatic heterocycles. The van der Waals surface area contributed by atoms with Crippen LogP contribution in [0.3, 0.4) is 0 Å². The second-order valence-electron chi connectivity index (χ2n) is 5.36. The number of nitrogens with zero attached hydrogens (tertiary/aromatic N) is 3. The van der Waals surface area contributed by atoms with Gasteiger partial charge in [0.2, 0.25) is 0 Å². The molecule has 0 aliphatic carbocycles. The summed E-state index contributed by atoms with van der Waals surface area (Å²) in [6.45, 7) is 2.34. The van der Waals surface area contributed by atoms with Crippen molar-refractivity contribution in [1.82, 2.24) is 14.7 Å². The predicted molar refractivity (Wildman–Crippen MR) is 85.0 cm³/mol. The molecule has 0 saturated heterocycles. The van der Waals surface area contributed by atoms with Gasteiger partial charge in [0, 0.05) is 43.4 Å². The smallest absolute Gasteiger partial charge is 0.289 e. The third-order valence-electron chi connectivity index (χ3n) is 3.63. The number of halogens is 1. The average Bonchev–Trinajstić information content (AvgIpc) is 3.04. The summed E-state index contributed by atoms with van der Waals surface area (Å²) in [5.74, 6) is 0.156. The van der Waals surface area contributed by atoms with Crippen LogP contribution in [-0.4, -0.2) is 27.6 Å². The van der Waals surface area contributed by atoms with E-state index < -0.39 is 0 Å². The third kappa shape index (κ3) is 2.48. The summed E-state index contributed by atoms with van der Waals surface area (Å²) < 4.78 is 7.42. The Bertz CT molecular complexity index is 850. The number of fused-ring (bicyclic) bond motifs is 1. The van der Waals surface area contributed by atoms with Gasteiger partial charge in [-0.05, 0) is 13.0 Å². The molecule has 0 radical (unpaired) electrons. The van der Waals surface area contributed by atoms with Crippen LogP contribution < -0.4 is 0 Å². The Kier molecular flexibility index (Phi) is 3.66. The lowest BCUT2D eigenvalue weighted by atomic mass is 10.1. The number of carbonyl (C=O) groups excluding carboxylic acids is 1. The first-order valence-electron chi connectivity index (χ1n) is 6.88. The summed E-state index contributed by atoms with van der Waals surface area (Å²) in [6, 6.07) is 5.50. The van der Waals surface area contributed by atoms with Gasteiger partial charge in [-0.3, -0.25) is 9.48 Å². The molecule has 0 saturated carbocycles. The molecule has 3 rings (SSSR count). The maximum absolute atomic E-state index is 12.6. The van der Waals surface area contributed by atoms with Crippen molar-refractivity contribution >= 4 is 28.5 Å². The van der Waals surface area contributed by atoms with Crippen LogP contribution >= 0.6 is 11.6 Å². The van der Waals surface area contributed by atoms with Crippen LogP contribution in [0.4, 0.5) is 0 Å². The predicted octanol–water partition coefficient (Wildman–Crippen LogP) is 3.40. The van der Waals surface area contributed by atoms with Gasteiger partial charge in [0.05, 0.1) is 11.2 Å². The zero-order valence-electron chi connectivity index (χ0n) is 12.6. The number of amides is 1. The quantitative estimate of drug-likeness (QED) is 0.744. The minimum atomic E-state index is -0.173. The van der Waals surface area contributed by atoms with Crippen LogP contribution in [0.2, 0.25) is 5.02 Å². The Morgan fingerprint density at radius 3 is 2.86 bits per heavy atom. The zero-order valence-corrected chi connectivity index (χ0v) is 13.4. The Labute approximate surface area is 133 Å². The van der Waals surface area contributed by atoms with Gasteiger partial charge in [-0.1, -0.05) is 23.7 Å². The molecule has 114 valence electrons. The lowest BCUT2D eigenvalue weighted by Gasteiger charge is -2.14. The first-order valence-corrected chi connectivity index (χ1v) is 7.25. The van der Waals surface area contributed by atoms with Crippen molar-refractivity contribution in [2.45, 2.75) is 13.5 Å². The highest BCUT2D eigenvalue weighted by Gasteiger charge is 2.22. The summed E-state index contributed by atoms with van der Waals surface area (Å²) in [7, 11) is 3.58. The number of benzene rings is 1. The normalized spacial score (nSPS) is 11.1. The van der Waals surface area contributed by atoms with Gasteiger partial charge in [0.15, 0.2) is 11.3 Å². The number of aryl methyl sites for hydroxylation is 2. The van der Waals surface area contributed by atoms with Gasteiger partial charge in [0.25, 0.3) is 5.91 Å². The van der Waals surface area contributed by atoms with E-state index in [1.165, 1.54) is 0 Å². The van der Waals surface area contributed by atoms with Crippen LogP contribution in [0.15, 0.2) is 35.0 Å². The Morgan fingerprint density at radius 1 is 1.45 bits per heavy atom. The molecule has 0 N–H and O–H groups in total. The van der Waals surface area contributed by atoms with E-state index in [-0.39, 0.29) is 5.91 Å². The summed E-state index contributed by atoms with van der Waals surface area (Å²) in [5, 5.41) is 5.48. The van der Waals surface area contributed by atoms with Crippen LogP contribution in [0.1, 0.15) is 21.7 Å². The molecule has 5 nitrogen and oxygen atoms in total. The molecule has 3 aromatic rings. The standard InChI is InChI=1S/C16H16ClN3O2/c1-10-12-5-4-6-13(17)15(12)22-14(10)16(21)19(2)8-11-7-18-20(3)9-11/h4-7,9H,8H2,1-3H3. The molecule has 0 unspecified atom stereocenters. The molecule has 2 aromatic heterocycles. The first-order chi connectivity index (χ1) is 10.5. The van der Waals surface area contributed by atoms with E-state index in [2.05, 4.69) is 5.10 Å². The van der Waals surface area contributed by atoms with Crippen molar-refractivity contribution in [1.29, 1.82) is 0 Å². The molecule has 0 bridgehead atoms. The van der Waals surface area contributed by atoms with E-state index in [9.17, 15) is 4.79 Å². The fourth-order valence-corrected chi connectivity index (χ4v) is 2.70. The molecule has 6 heteroatoms. The summed E-state index contributed by atoms with van der Waals surface area (Å²) in [4.78, 5) is 14.2. The molecule has 0 spiro atoms. The van der Waals surface area contributed by atoms with E-state index >= 15 is 0 Å². The maximum atomic E-state index is 12.6. The molecule has 2 heterocycles. The number of carbonyl (C=O) groups is 1. The van der Waals surface area contributed by atoms with Crippen LogP contribution in [0.25, 0.3) is 11.0 Å².